The normalized spacial score (nSPS) is 10.6. The van der Waals surface area contributed by atoms with Crippen molar-refractivity contribution in [3.05, 3.63) is 9.81 Å². The zero-order chi connectivity index (χ0) is 5.91. The quantitative estimate of drug-likeness (QED) is 0.289. The van der Waals surface area contributed by atoms with Crippen molar-refractivity contribution in [3.8, 4) is 0 Å². The first-order valence-corrected chi connectivity index (χ1v) is 1.66. The molecule has 0 saturated heterocycles. The third kappa shape index (κ3) is 1.94. The van der Waals surface area contributed by atoms with Crippen LogP contribution >= 0.6 is 0 Å². The predicted octanol–water partition coefficient (Wildman–Crippen LogP) is 0.426. The standard InChI is InChI=1S/C2H6N3O2/c1-5(2,3-6)4-7/h1-2H3/q+1. The fourth-order valence-electron chi connectivity index (χ4n) is 0.0149. The summed E-state index contributed by atoms with van der Waals surface area (Å²) in [7, 11) is 2.56. The number of hydrogen-bond acceptors (Lipinski definition) is 4. The van der Waals surface area contributed by atoms with Crippen LogP contribution in [0, 0.1) is 9.81 Å². The summed E-state index contributed by atoms with van der Waals surface area (Å²) in [6, 6.07) is 0. The molecule has 5 heteroatoms. The smallest absolute Gasteiger partial charge is 0.0882 e. The first kappa shape index (κ1) is 6.16. The van der Waals surface area contributed by atoms with E-state index in [0.29, 0.717) is 0 Å². The molecule has 0 atom stereocenters. The summed E-state index contributed by atoms with van der Waals surface area (Å²) in [5, 5.41) is 4.69. The molecule has 0 aliphatic rings. The van der Waals surface area contributed by atoms with E-state index in [4.69, 9.17) is 0 Å². The van der Waals surface area contributed by atoms with Gasteiger partial charge in [0.1, 0.15) is 14.1 Å². The molecule has 0 aliphatic carbocycles. The molecule has 0 unspecified atom stereocenters. The zero-order valence-corrected chi connectivity index (χ0v) is 4.16. The Hall–Kier alpha value is -0.840. The van der Waals surface area contributed by atoms with E-state index in [2.05, 4.69) is 10.6 Å². The average molecular weight is 104 g/mol. The van der Waals surface area contributed by atoms with Crippen LogP contribution in [0.1, 0.15) is 0 Å². The second kappa shape index (κ2) is 1.74. The Balaban J connectivity index is 3.82. The molecule has 40 valence electrons. The lowest BCUT2D eigenvalue weighted by Gasteiger charge is -1.99. The summed E-state index contributed by atoms with van der Waals surface area (Å²) in [6.07, 6.45) is 0. The van der Waals surface area contributed by atoms with Crippen LogP contribution in [0.25, 0.3) is 0 Å². The van der Waals surface area contributed by atoms with Gasteiger partial charge in [-0.2, -0.15) is 0 Å². The highest BCUT2D eigenvalue weighted by Crippen LogP contribution is 1.94. The number of nitrogens with zero attached hydrogens (tertiary/aromatic N) is 3. The van der Waals surface area contributed by atoms with E-state index in [9.17, 15) is 9.81 Å². The minimum atomic E-state index is -0.722. The SMILES string of the molecule is C[N+](C)(N=O)N=O. The van der Waals surface area contributed by atoms with Crippen LogP contribution in [0.15, 0.2) is 10.6 Å². The van der Waals surface area contributed by atoms with Gasteiger partial charge in [-0.1, -0.05) is 9.81 Å². The molecular formula is C2H6N3O2+. The van der Waals surface area contributed by atoms with Crippen LogP contribution in [0.2, 0.25) is 0 Å². The first-order valence-electron chi connectivity index (χ1n) is 1.66. The maximum Gasteiger partial charge on any atom is 0.185 e. The van der Waals surface area contributed by atoms with Gasteiger partial charge in [0.25, 0.3) is 0 Å². The highest BCUT2D eigenvalue weighted by Gasteiger charge is 2.14. The molecule has 0 amide bonds. The van der Waals surface area contributed by atoms with E-state index in [1.807, 2.05) is 0 Å². The second-order valence-corrected chi connectivity index (χ2v) is 1.50. The van der Waals surface area contributed by atoms with Crippen LogP contribution < -0.4 is 0 Å². The molecule has 0 aromatic rings. The molecule has 0 N–H and O–H groups in total. The van der Waals surface area contributed by atoms with Crippen molar-refractivity contribution in [1.82, 2.24) is 0 Å². The first-order chi connectivity index (χ1) is 3.12. The molecule has 0 aromatic heterocycles. The minimum Gasteiger partial charge on any atom is -0.0882 e. The van der Waals surface area contributed by atoms with Gasteiger partial charge in [-0.05, 0) is 4.70 Å². The molecule has 0 saturated carbocycles. The molecular weight excluding hydrogens is 98.0 g/mol. The minimum absolute atomic E-state index is 0.722. The lowest BCUT2D eigenvalue weighted by Crippen LogP contribution is -2.23. The van der Waals surface area contributed by atoms with Crippen molar-refractivity contribution < 1.29 is 4.70 Å². The monoisotopic (exact) mass is 104 g/mol. The molecule has 0 heterocycles. The van der Waals surface area contributed by atoms with Crippen molar-refractivity contribution in [2.24, 2.45) is 10.6 Å². The summed E-state index contributed by atoms with van der Waals surface area (Å²) in [5.41, 5.74) is 0. The second-order valence-electron chi connectivity index (χ2n) is 1.50. The Kier molecular flexibility index (Phi) is 1.53. The highest BCUT2D eigenvalue weighted by molar-refractivity contribution is 4.05. The third-order valence-electron chi connectivity index (χ3n) is 0.400. The van der Waals surface area contributed by atoms with Crippen molar-refractivity contribution >= 4 is 0 Å². The number of rotatable bonds is 2. The van der Waals surface area contributed by atoms with Crippen molar-refractivity contribution in [3.63, 3.8) is 0 Å². The summed E-state index contributed by atoms with van der Waals surface area (Å²) in [4.78, 5) is 19.0. The van der Waals surface area contributed by atoms with Crippen molar-refractivity contribution in [2.45, 2.75) is 0 Å². The topological polar surface area (TPSA) is 58.9 Å². The molecule has 0 fully saturated rings. The van der Waals surface area contributed by atoms with Gasteiger partial charge in [0.15, 0.2) is 10.6 Å². The van der Waals surface area contributed by atoms with E-state index < -0.39 is 4.70 Å². The Labute approximate surface area is 40.4 Å². The number of nitroso groups, excluding NO2 is 2. The van der Waals surface area contributed by atoms with E-state index in [-0.39, 0.29) is 0 Å². The zero-order valence-electron chi connectivity index (χ0n) is 4.16. The molecule has 0 aromatic carbocycles. The van der Waals surface area contributed by atoms with Crippen LogP contribution in [0.5, 0.6) is 0 Å². The maximum absolute atomic E-state index is 9.49. The molecule has 0 rings (SSSR count). The average Bonchev–Trinajstić information content (AvgIpc) is 1.68. The van der Waals surface area contributed by atoms with Crippen LogP contribution in [-0.4, -0.2) is 18.8 Å². The fourth-order valence-corrected chi connectivity index (χ4v) is 0.0149. The molecule has 0 spiro atoms. The number of hydrogen-bond donors (Lipinski definition) is 0. The van der Waals surface area contributed by atoms with Gasteiger partial charge in [-0.15, -0.1) is 0 Å². The lowest BCUT2D eigenvalue weighted by atomic mass is 11.1. The molecule has 0 bridgehead atoms. The highest BCUT2D eigenvalue weighted by atomic mass is 16.4. The molecule has 7 heavy (non-hydrogen) atoms. The largest absolute Gasteiger partial charge is 0.185 e. The van der Waals surface area contributed by atoms with Gasteiger partial charge >= 0.3 is 0 Å². The van der Waals surface area contributed by atoms with Gasteiger partial charge in [0.05, 0.1) is 0 Å². The lowest BCUT2D eigenvalue weighted by molar-refractivity contribution is -0.907. The van der Waals surface area contributed by atoms with Crippen LogP contribution in [-0.2, 0) is 0 Å². The summed E-state index contributed by atoms with van der Waals surface area (Å²) in [6.45, 7) is 0. The molecule has 0 radical (unpaired) electrons. The summed E-state index contributed by atoms with van der Waals surface area (Å²) >= 11 is 0. The summed E-state index contributed by atoms with van der Waals surface area (Å²) < 4.78 is -0.722. The number of quaternary nitrogens is 1. The Morgan fingerprint density at radius 1 is 1.14 bits per heavy atom. The van der Waals surface area contributed by atoms with E-state index in [0.717, 1.165) is 0 Å². The molecule has 0 aliphatic heterocycles. The van der Waals surface area contributed by atoms with E-state index in [1.165, 1.54) is 14.1 Å². The van der Waals surface area contributed by atoms with E-state index in [1.54, 1.807) is 0 Å². The van der Waals surface area contributed by atoms with Gasteiger partial charge in [0.2, 0.25) is 0 Å². The van der Waals surface area contributed by atoms with Gasteiger partial charge < -0.3 is 0 Å². The fraction of sp³-hybridized carbons (Fsp3) is 1.00. The van der Waals surface area contributed by atoms with Crippen molar-refractivity contribution in [2.75, 3.05) is 14.1 Å². The van der Waals surface area contributed by atoms with Gasteiger partial charge in [0, 0.05) is 0 Å². The van der Waals surface area contributed by atoms with Gasteiger partial charge in [-0.3, -0.25) is 0 Å². The van der Waals surface area contributed by atoms with Crippen LogP contribution in [0.4, 0.5) is 0 Å². The maximum atomic E-state index is 9.49. The van der Waals surface area contributed by atoms with Gasteiger partial charge in [-0.25, -0.2) is 0 Å². The van der Waals surface area contributed by atoms with Crippen LogP contribution in [0.3, 0.4) is 0 Å². The Morgan fingerprint density at radius 2 is 1.43 bits per heavy atom. The summed E-state index contributed by atoms with van der Waals surface area (Å²) in [5.74, 6) is 0. The molecule has 5 nitrogen and oxygen atoms in total. The Morgan fingerprint density at radius 3 is 1.43 bits per heavy atom. The van der Waals surface area contributed by atoms with E-state index >= 15 is 0 Å². The Bertz CT molecular complexity index is 78.9. The third-order valence-corrected chi connectivity index (χ3v) is 0.400. The van der Waals surface area contributed by atoms with Crippen molar-refractivity contribution in [1.29, 1.82) is 0 Å². The predicted molar refractivity (Wildman–Crippen MR) is 23.7 cm³/mol.